The summed E-state index contributed by atoms with van der Waals surface area (Å²) in [5.74, 6) is 1.02. The van der Waals surface area contributed by atoms with Gasteiger partial charge in [-0.25, -0.2) is 109 Å². The standard InChI is InChI=1S/C29H31F2N5O3S.C25H24F2N4O2S.C22H23ClF2N4O3S.C12H11Cl2F2N3O.C10H13NO2S.C6H8N2/c1-17-6-5-7-20(32-17)15-21-16-23(34-22-12-11-19(18-9-10-18)14-24(22)40(2,37)38)26-28(33-21)36(29(35-26)27(30)31)25-8-3-4-13-39-25;1-14-4-3-5-17(28-14)11-18-12-20(24-21(29-18)13-22(31-24)25(26)27)30-19-9-8-16(15-6-7-15)10-23(19)34(2,32)33;1-33(30,31)16-10-13(12-5-6-12)7-8-14(16)26-15-11-17(23)27-21-19(15)28-22(20(24)25)29(21)18-4-2-3-9-32-18;13-6-5-7(14)17-11-9(6)18-12(10(15)16)19(11)8-3-1-2-4-20-8;1-14(12,13)10-6-8(7-2-3-7)4-5-9(10)11;1-5-3-2-4-6(7)8-5/h5-7,11-12,14,16,18,25,27H,3-4,8-10,13,15H2,1-2H3,(H,33,34);3-5,8-10,12,15,25H,6-7,11,13H2,1-2H3,(H,29,30);7-8,10-12,18,20H,2-6,9H2,1H3,(H,26,27);5,8,10H,1-4H2;4-7H,2-3,11H2,1H3;2-4H,1H3,(H2,7,8). The molecule has 7 N–H and O–H groups in total. The van der Waals surface area contributed by atoms with Crippen LogP contribution >= 0.6 is 34.8 Å². The highest BCUT2D eigenvalue weighted by atomic mass is 35.5. The van der Waals surface area contributed by atoms with Gasteiger partial charge in [-0.3, -0.25) is 28.7 Å². The number of ether oxygens (including phenoxy) is 3. The Morgan fingerprint density at radius 2 is 0.718 bits per heavy atom. The zero-order chi connectivity index (χ0) is 106. The van der Waals surface area contributed by atoms with Gasteiger partial charge in [-0.1, -0.05) is 77.3 Å². The highest BCUT2D eigenvalue weighted by Crippen LogP contribution is 2.49. The Balaban J connectivity index is 0.000000128. The molecule has 14 aromatic rings. The molecule has 22 rings (SSSR count). The highest BCUT2D eigenvalue weighted by Gasteiger charge is 2.38. The maximum Gasteiger partial charge on any atom is 0.295 e. The Hall–Kier alpha value is -12.0. The quantitative estimate of drug-likeness (QED) is 0.0201. The number of aliphatic imine (C=N–C) groups is 1. The van der Waals surface area contributed by atoms with Crippen molar-refractivity contribution < 1.29 is 83.0 Å². The normalized spacial score (nSPS) is 17.4. The molecule has 45 heteroatoms. The van der Waals surface area contributed by atoms with Crippen LogP contribution in [0.15, 0.2) is 176 Å². The number of sulfone groups is 4. The number of nitrogens with zero attached hydrogens (tertiary/aromatic N) is 14. The lowest BCUT2D eigenvalue weighted by atomic mass is 10.1. The first kappa shape index (κ1) is 108. The zero-order valence-corrected chi connectivity index (χ0v) is 87.8. The van der Waals surface area contributed by atoms with E-state index in [9.17, 15) is 68.8 Å². The number of aromatic nitrogens is 13. The van der Waals surface area contributed by atoms with Gasteiger partial charge in [0.15, 0.2) is 73.8 Å². The number of anilines is 8. The molecule has 7 fully saturated rings. The second kappa shape index (κ2) is 45.7. The van der Waals surface area contributed by atoms with Gasteiger partial charge in [0, 0.05) is 104 Å². The third-order valence-electron chi connectivity index (χ3n) is 26.0. The van der Waals surface area contributed by atoms with Crippen molar-refractivity contribution in [3.8, 4) is 0 Å². The van der Waals surface area contributed by atoms with E-state index in [0.717, 1.165) is 147 Å². The van der Waals surface area contributed by atoms with Crippen LogP contribution in [0.4, 0.5) is 86.4 Å². The van der Waals surface area contributed by atoms with Crippen molar-refractivity contribution >= 4 is 165 Å². The van der Waals surface area contributed by atoms with Crippen LogP contribution in [0, 0.1) is 20.8 Å². The van der Waals surface area contributed by atoms with E-state index in [-0.39, 0.29) is 86.4 Å². The number of nitrogens with one attached hydrogen (secondary N) is 3. The zero-order valence-electron chi connectivity index (χ0n) is 82.2. The average molecular weight is 2190 g/mol. The fraction of sp³-hybridized carbons (Fsp3) is 0.394. The number of nitrogen functional groups attached to an aromatic ring is 2. The predicted octanol–water partition coefficient (Wildman–Crippen LogP) is 24.3. The number of nitrogens with two attached hydrogens (primary N) is 2. The first-order valence-corrected chi connectivity index (χ1v) is 57.4. The molecule has 788 valence electrons. The summed E-state index contributed by atoms with van der Waals surface area (Å²) < 4.78 is 230. The first-order chi connectivity index (χ1) is 70.9. The number of fused-ring (bicyclic) bond motifs is 4. The minimum atomic E-state index is -3.59. The van der Waals surface area contributed by atoms with E-state index in [1.54, 1.807) is 66.7 Å². The maximum atomic E-state index is 14.3. The molecule has 10 aromatic heterocycles. The minimum Gasteiger partial charge on any atom is -0.398 e. The van der Waals surface area contributed by atoms with Gasteiger partial charge < -0.3 is 41.6 Å². The third-order valence-corrected chi connectivity index (χ3v) is 31.3. The summed E-state index contributed by atoms with van der Waals surface area (Å²) in [5, 5.41) is 9.88. The summed E-state index contributed by atoms with van der Waals surface area (Å²) in [4.78, 5) is 48.1. The molecule has 3 unspecified atom stereocenters. The van der Waals surface area contributed by atoms with Gasteiger partial charge in [0.2, 0.25) is 0 Å². The molecule has 4 aliphatic carbocycles. The van der Waals surface area contributed by atoms with E-state index < -0.39 is 95.4 Å². The largest absolute Gasteiger partial charge is 0.398 e. The fourth-order valence-corrected chi connectivity index (χ4v) is 22.4. The lowest BCUT2D eigenvalue weighted by Gasteiger charge is -2.25. The topological polar surface area (TPSA) is 408 Å². The molecule has 30 nitrogen and oxygen atoms in total. The van der Waals surface area contributed by atoms with Crippen LogP contribution in [-0.2, 0) is 72.8 Å². The lowest BCUT2D eigenvalue weighted by molar-refractivity contribution is -0.0363. The van der Waals surface area contributed by atoms with E-state index in [2.05, 4.69) is 65.8 Å². The van der Waals surface area contributed by atoms with E-state index in [1.807, 2.05) is 93.6 Å². The summed E-state index contributed by atoms with van der Waals surface area (Å²) in [6, 6.07) is 44.6. The SMILES string of the molecule is CS(=O)(=O)c1cc(C2CC2)ccc1N.CS(=O)(=O)c1cc(C2CC2)ccc1Nc1cc(Cl)nc2c1nc(C(F)F)n2C1CCCCO1.Cc1cccc(Cc2cc(Nc3ccc(C4CC4)cc3S(C)(=O)=O)c3c(n2)CC(C(F)F)=N3)n1.Cc1cccc(Cc2cc(Nc3ccc(C4CC4)cc3S(C)(=O)=O)c3nc(C(F)F)n(C4CCCCO4)c3n2)n1.Cc1cccc(N)n1.FC(F)c1nc2c(Cl)cc(Cl)nc2n1C1CCCCO1. The number of aryl methyl sites for hydroxylation is 3. The van der Waals surface area contributed by atoms with Gasteiger partial charge in [-0.15, -0.1) is 0 Å². The molecule has 3 atom stereocenters. The van der Waals surface area contributed by atoms with E-state index >= 15 is 0 Å². The molecule has 8 aliphatic rings. The fourth-order valence-electron chi connectivity index (χ4n) is 18.3. The van der Waals surface area contributed by atoms with Crippen LogP contribution in [0.25, 0.3) is 33.5 Å². The molecule has 0 amide bonds. The molecule has 3 saturated heterocycles. The smallest absolute Gasteiger partial charge is 0.295 e. The number of pyridine rings is 7. The van der Waals surface area contributed by atoms with Crippen LogP contribution in [0.2, 0.25) is 15.3 Å². The van der Waals surface area contributed by atoms with E-state index in [1.165, 1.54) is 44.6 Å². The third kappa shape index (κ3) is 26.8. The monoisotopic (exact) mass is 2190 g/mol. The second-order valence-corrected chi connectivity index (χ2v) is 47.4. The number of rotatable bonds is 25. The number of alkyl halides is 8. The Morgan fingerprint density at radius 3 is 1.09 bits per heavy atom. The molecule has 14 heterocycles. The van der Waals surface area contributed by atoms with Crippen molar-refractivity contribution in [2.24, 2.45) is 4.99 Å². The van der Waals surface area contributed by atoms with Crippen LogP contribution in [0.1, 0.15) is 256 Å². The molecular weight excluding hydrogens is 2080 g/mol. The van der Waals surface area contributed by atoms with Crippen LogP contribution in [-0.4, -0.2) is 154 Å². The van der Waals surface area contributed by atoms with Crippen molar-refractivity contribution in [1.82, 2.24) is 63.5 Å². The van der Waals surface area contributed by atoms with Crippen molar-refractivity contribution in [2.45, 2.75) is 237 Å². The number of hydrogen-bond acceptors (Lipinski definition) is 27. The predicted molar refractivity (Wildman–Crippen MR) is 557 cm³/mol. The Morgan fingerprint density at radius 1 is 0.362 bits per heavy atom. The maximum absolute atomic E-state index is 14.3. The molecule has 4 aromatic carbocycles. The van der Waals surface area contributed by atoms with Gasteiger partial charge in [0.1, 0.15) is 57.0 Å². The van der Waals surface area contributed by atoms with Crippen LogP contribution in [0.5, 0.6) is 0 Å². The number of halogens is 11. The van der Waals surface area contributed by atoms with E-state index in [0.29, 0.717) is 144 Å². The van der Waals surface area contributed by atoms with Gasteiger partial charge in [0.25, 0.3) is 25.7 Å². The lowest BCUT2D eigenvalue weighted by Crippen LogP contribution is -2.20. The molecular formula is C104H110Cl3F8N19O11S4. The van der Waals surface area contributed by atoms with Crippen molar-refractivity contribution in [3.63, 3.8) is 0 Å². The van der Waals surface area contributed by atoms with Gasteiger partial charge in [-0.05, 0) is 279 Å². The van der Waals surface area contributed by atoms with Crippen molar-refractivity contribution in [3.05, 3.63) is 252 Å². The van der Waals surface area contributed by atoms with Crippen LogP contribution < -0.4 is 27.4 Å². The van der Waals surface area contributed by atoms with Crippen molar-refractivity contribution in [2.75, 3.05) is 72.3 Å². The number of imidazole rings is 3. The Bertz CT molecular complexity index is 7880. The summed E-state index contributed by atoms with van der Waals surface area (Å²) >= 11 is 18.1. The van der Waals surface area contributed by atoms with Gasteiger partial charge in [-0.2, -0.15) is 0 Å². The van der Waals surface area contributed by atoms with Gasteiger partial charge >= 0.3 is 0 Å². The summed E-state index contributed by atoms with van der Waals surface area (Å²) in [5.41, 5.74) is 24.9. The summed E-state index contributed by atoms with van der Waals surface area (Å²) in [6.45, 7) is 7.17. The Labute approximate surface area is 871 Å². The molecule has 0 spiro atoms. The molecule has 0 radical (unpaired) electrons. The second-order valence-electron chi connectivity index (χ2n) is 38.2. The average Bonchev–Trinajstić information content (AvgIpc) is 1.57. The number of hydrogen-bond donors (Lipinski definition) is 5. The summed E-state index contributed by atoms with van der Waals surface area (Å²) in [6.07, 6.45) is 8.11. The molecule has 149 heavy (non-hydrogen) atoms. The molecule has 4 saturated carbocycles. The van der Waals surface area contributed by atoms with E-state index in [4.69, 9.17) is 65.5 Å². The number of benzene rings is 4. The first-order valence-electron chi connectivity index (χ1n) is 48.7. The highest BCUT2D eigenvalue weighted by molar-refractivity contribution is 7.91. The summed E-state index contributed by atoms with van der Waals surface area (Å²) in [7, 11) is -13.9. The van der Waals surface area contributed by atoms with Crippen LogP contribution in [0.3, 0.4) is 0 Å². The Kier molecular flexibility index (Phi) is 33.2. The molecule has 4 aliphatic heterocycles. The molecule has 0 bridgehead atoms. The van der Waals surface area contributed by atoms with Gasteiger partial charge in [0.05, 0.1) is 81.5 Å². The minimum absolute atomic E-state index is 0.0453. The van der Waals surface area contributed by atoms with Crippen molar-refractivity contribution in [1.29, 1.82) is 0 Å².